The maximum Gasteiger partial charge on any atom is 0.435 e. The summed E-state index contributed by atoms with van der Waals surface area (Å²) in [6, 6.07) is 6.05. The minimum absolute atomic E-state index is 0.0157. The Morgan fingerprint density at radius 3 is 2.90 bits per heavy atom. The summed E-state index contributed by atoms with van der Waals surface area (Å²) in [5, 5.41) is 15.9. The number of nitrogens with zero attached hydrogens (tertiary/aromatic N) is 6. The maximum absolute atomic E-state index is 13.0. The van der Waals surface area contributed by atoms with Crippen molar-refractivity contribution in [2.75, 3.05) is 25.0 Å². The second-order valence-corrected chi connectivity index (χ2v) is 7.08. The molecule has 4 heterocycles. The first-order chi connectivity index (χ1) is 14.9. The number of hydrogen-bond acceptors (Lipinski definition) is 7. The number of fused-ring (bicyclic) bond motifs is 2. The molecule has 1 aliphatic rings. The number of benzene rings is 1. The third-order valence-corrected chi connectivity index (χ3v) is 4.89. The van der Waals surface area contributed by atoms with Gasteiger partial charge in [0.05, 0.1) is 18.6 Å². The third kappa shape index (κ3) is 3.74. The number of alkyl halides is 3. The Morgan fingerprint density at radius 1 is 1.23 bits per heavy atom. The lowest BCUT2D eigenvalue weighted by Crippen LogP contribution is -2.47. The van der Waals surface area contributed by atoms with Crippen molar-refractivity contribution in [3.05, 3.63) is 42.0 Å². The summed E-state index contributed by atoms with van der Waals surface area (Å²) in [5.41, 5.74) is 0.341. The van der Waals surface area contributed by atoms with E-state index in [1.54, 1.807) is 16.8 Å². The van der Waals surface area contributed by atoms with E-state index < -0.39 is 11.9 Å². The SMILES string of the molecule is O=C1CN(Cc2nccc3nc(Nc4ccc5c(C(F)(F)F)n[nH]c5c4)nn23)CCN1. The van der Waals surface area contributed by atoms with E-state index in [0.717, 1.165) is 0 Å². The molecule has 160 valence electrons. The van der Waals surface area contributed by atoms with Crippen LogP contribution in [0.25, 0.3) is 16.6 Å². The zero-order valence-corrected chi connectivity index (χ0v) is 15.9. The molecule has 5 rings (SSSR count). The molecule has 1 saturated heterocycles. The Hall–Kier alpha value is -3.74. The number of anilines is 2. The molecule has 0 bridgehead atoms. The molecule has 4 aromatic rings. The van der Waals surface area contributed by atoms with Crippen LogP contribution in [0, 0.1) is 0 Å². The molecule has 1 aromatic carbocycles. The number of aromatic amines is 1. The van der Waals surface area contributed by atoms with Crippen molar-refractivity contribution >= 4 is 34.1 Å². The smallest absolute Gasteiger partial charge is 0.354 e. The van der Waals surface area contributed by atoms with Crippen molar-refractivity contribution in [1.82, 2.24) is 40.0 Å². The topological polar surface area (TPSA) is 116 Å². The zero-order chi connectivity index (χ0) is 21.6. The molecule has 0 aliphatic carbocycles. The first-order valence-electron chi connectivity index (χ1n) is 9.39. The lowest BCUT2D eigenvalue weighted by molar-refractivity contribution is -0.140. The first kappa shape index (κ1) is 19.2. The van der Waals surface area contributed by atoms with Crippen LogP contribution in [0.4, 0.5) is 24.8 Å². The summed E-state index contributed by atoms with van der Waals surface area (Å²) < 4.78 is 40.5. The lowest BCUT2D eigenvalue weighted by Gasteiger charge is -2.25. The van der Waals surface area contributed by atoms with E-state index in [2.05, 4.69) is 35.9 Å². The number of piperazine rings is 1. The average molecular weight is 431 g/mol. The van der Waals surface area contributed by atoms with Gasteiger partial charge in [-0.15, -0.1) is 5.10 Å². The molecular formula is C18H16F3N9O. The Bertz CT molecular complexity index is 1280. The van der Waals surface area contributed by atoms with Gasteiger partial charge in [-0.1, -0.05) is 0 Å². The number of amides is 1. The largest absolute Gasteiger partial charge is 0.435 e. The lowest BCUT2D eigenvalue weighted by atomic mass is 10.2. The van der Waals surface area contributed by atoms with E-state index in [-0.39, 0.29) is 29.3 Å². The van der Waals surface area contributed by atoms with Crippen molar-refractivity contribution in [3.8, 4) is 0 Å². The highest BCUT2D eigenvalue weighted by atomic mass is 19.4. The van der Waals surface area contributed by atoms with Gasteiger partial charge in [0.1, 0.15) is 5.82 Å². The molecule has 0 unspecified atom stereocenters. The van der Waals surface area contributed by atoms with Gasteiger partial charge in [-0.25, -0.2) is 4.98 Å². The van der Waals surface area contributed by atoms with Crippen molar-refractivity contribution < 1.29 is 18.0 Å². The van der Waals surface area contributed by atoms with Gasteiger partial charge in [0.25, 0.3) is 0 Å². The monoisotopic (exact) mass is 431 g/mol. The van der Waals surface area contributed by atoms with E-state index in [1.807, 2.05) is 4.90 Å². The number of halogens is 3. The van der Waals surface area contributed by atoms with Crippen LogP contribution in [0.1, 0.15) is 11.5 Å². The fraction of sp³-hybridized carbons (Fsp3) is 0.278. The van der Waals surface area contributed by atoms with Crippen molar-refractivity contribution in [1.29, 1.82) is 0 Å². The van der Waals surface area contributed by atoms with Crippen molar-refractivity contribution in [2.45, 2.75) is 12.7 Å². The number of aromatic nitrogens is 6. The van der Waals surface area contributed by atoms with Gasteiger partial charge >= 0.3 is 6.18 Å². The van der Waals surface area contributed by atoms with E-state index in [1.165, 1.54) is 18.2 Å². The summed E-state index contributed by atoms with van der Waals surface area (Å²) in [7, 11) is 0. The number of nitrogens with one attached hydrogen (secondary N) is 3. The van der Waals surface area contributed by atoms with Gasteiger partial charge < -0.3 is 10.6 Å². The quantitative estimate of drug-likeness (QED) is 0.450. The third-order valence-electron chi connectivity index (χ3n) is 4.89. The van der Waals surface area contributed by atoms with Crippen LogP contribution in [-0.2, 0) is 17.5 Å². The molecular weight excluding hydrogens is 415 g/mol. The Labute approximate surface area is 172 Å². The second-order valence-electron chi connectivity index (χ2n) is 7.08. The molecule has 3 N–H and O–H groups in total. The Balaban J connectivity index is 1.40. The number of H-pyrrole nitrogens is 1. The molecule has 1 amide bonds. The van der Waals surface area contributed by atoms with Gasteiger partial charge in [0, 0.05) is 36.4 Å². The maximum atomic E-state index is 13.0. The first-order valence-corrected chi connectivity index (χ1v) is 9.39. The normalized spacial score (nSPS) is 15.5. The number of hydrogen-bond donors (Lipinski definition) is 3. The molecule has 1 aliphatic heterocycles. The van der Waals surface area contributed by atoms with Crippen LogP contribution in [0.15, 0.2) is 30.5 Å². The van der Waals surface area contributed by atoms with Crippen LogP contribution in [0.2, 0.25) is 0 Å². The van der Waals surface area contributed by atoms with Gasteiger partial charge in [-0.3, -0.25) is 14.8 Å². The number of carbonyl (C=O) groups is 1. The zero-order valence-electron chi connectivity index (χ0n) is 15.9. The molecule has 0 spiro atoms. The molecule has 13 heteroatoms. The highest BCUT2D eigenvalue weighted by Gasteiger charge is 2.35. The van der Waals surface area contributed by atoms with Crippen LogP contribution >= 0.6 is 0 Å². The Kier molecular flexibility index (Phi) is 4.46. The summed E-state index contributed by atoms with van der Waals surface area (Å²) in [6.45, 7) is 1.98. The second kappa shape index (κ2) is 7.19. The minimum atomic E-state index is -4.53. The predicted octanol–water partition coefficient (Wildman–Crippen LogP) is 1.69. The van der Waals surface area contributed by atoms with E-state index in [4.69, 9.17) is 0 Å². The highest BCUT2D eigenvalue weighted by molar-refractivity contribution is 5.85. The fourth-order valence-electron chi connectivity index (χ4n) is 3.50. The minimum Gasteiger partial charge on any atom is -0.354 e. The molecule has 0 radical (unpaired) electrons. The summed E-state index contributed by atoms with van der Waals surface area (Å²) >= 11 is 0. The molecule has 10 nitrogen and oxygen atoms in total. The standard InChI is InChI=1S/C18H16F3N9O/c19-18(20,21)16-11-2-1-10(7-12(11)26-27-16)24-17-25-13-3-4-22-14(30(13)28-17)8-29-6-5-23-15(31)9-29/h1-4,7H,5-6,8-9H2,(H,23,31)(H,24,28)(H,26,27). The van der Waals surface area contributed by atoms with Crippen molar-refractivity contribution in [3.63, 3.8) is 0 Å². The van der Waals surface area contributed by atoms with Crippen LogP contribution < -0.4 is 10.6 Å². The average Bonchev–Trinajstić information content (AvgIpc) is 3.32. The van der Waals surface area contributed by atoms with E-state index in [0.29, 0.717) is 36.8 Å². The van der Waals surface area contributed by atoms with Gasteiger partial charge in [-0.05, 0) is 18.2 Å². The molecule has 0 saturated carbocycles. The molecule has 31 heavy (non-hydrogen) atoms. The fourth-order valence-corrected chi connectivity index (χ4v) is 3.50. The van der Waals surface area contributed by atoms with Gasteiger partial charge in [-0.2, -0.15) is 27.8 Å². The molecule has 0 atom stereocenters. The van der Waals surface area contributed by atoms with Gasteiger partial charge in [0.15, 0.2) is 11.3 Å². The van der Waals surface area contributed by atoms with Gasteiger partial charge in [0.2, 0.25) is 11.9 Å². The summed E-state index contributed by atoms with van der Waals surface area (Å²) in [5.74, 6) is 0.842. The van der Waals surface area contributed by atoms with E-state index >= 15 is 0 Å². The highest BCUT2D eigenvalue weighted by Crippen LogP contribution is 2.34. The number of rotatable bonds is 4. The molecule has 1 fully saturated rings. The van der Waals surface area contributed by atoms with E-state index in [9.17, 15) is 18.0 Å². The van der Waals surface area contributed by atoms with Crippen molar-refractivity contribution in [2.24, 2.45) is 0 Å². The van der Waals surface area contributed by atoms with Crippen LogP contribution in [0.5, 0.6) is 0 Å². The predicted molar refractivity (Wildman–Crippen MR) is 103 cm³/mol. The Morgan fingerprint density at radius 2 is 2.10 bits per heavy atom. The summed E-state index contributed by atoms with van der Waals surface area (Å²) in [4.78, 5) is 22.3. The molecule has 3 aromatic heterocycles. The van der Waals surface area contributed by atoms with Crippen LogP contribution in [-0.4, -0.2) is 60.2 Å². The summed E-state index contributed by atoms with van der Waals surface area (Å²) in [6.07, 6.45) is -2.92. The number of carbonyl (C=O) groups excluding carboxylic acids is 1. The van der Waals surface area contributed by atoms with Crippen LogP contribution in [0.3, 0.4) is 0 Å².